The second-order valence-corrected chi connectivity index (χ2v) is 5.12. The fraction of sp³-hybridized carbons (Fsp3) is 0.400. The first-order valence-electron chi connectivity index (χ1n) is 7.14. The van der Waals surface area contributed by atoms with E-state index < -0.39 is 6.10 Å². The van der Waals surface area contributed by atoms with E-state index >= 15 is 0 Å². The molecule has 1 aromatic carbocycles. The Morgan fingerprint density at radius 1 is 1.43 bits per heavy atom. The van der Waals surface area contributed by atoms with Crippen LogP contribution in [0.1, 0.15) is 31.6 Å². The van der Waals surface area contributed by atoms with E-state index in [1.54, 1.807) is 6.92 Å². The number of amides is 1. The first-order valence-corrected chi connectivity index (χ1v) is 7.14. The molecule has 0 radical (unpaired) electrons. The average Bonchev–Trinajstić information content (AvgIpc) is 2.98. The smallest absolute Gasteiger partial charge is 0.261 e. The van der Waals surface area contributed by atoms with Gasteiger partial charge in [0.05, 0.1) is 6.04 Å². The van der Waals surface area contributed by atoms with Gasteiger partial charge in [-0.2, -0.15) is 5.10 Å². The second-order valence-electron chi connectivity index (χ2n) is 5.12. The fourth-order valence-corrected chi connectivity index (χ4v) is 2.47. The second kappa shape index (κ2) is 5.95. The van der Waals surface area contributed by atoms with Crippen LogP contribution in [0.4, 0.5) is 0 Å². The monoisotopic (exact) mass is 286 g/mol. The number of nitrogens with zero attached hydrogens (tertiary/aromatic N) is 3. The Labute approximate surface area is 123 Å². The number of rotatable bonds is 4. The van der Waals surface area contributed by atoms with E-state index in [0.717, 1.165) is 25.2 Å². The van der Waals surface area contributed by atoms with Crippen molar-refractivity contribution in [2.24, 2.45) is 0 Å². The minimum atomic E-state index is -0.550. The van der Waals surface area contributed by atoms with Crippen LogP contribution in [-0.4, -0.2) is 26.8 Å². The number of ether oxygens (including phenoxy) is 1. The Hall–Kier alpha value is -2.37. The summed E-state index contributed by atoms with van der Waals surface area (Å²) in [6, 6.07) is 9.25. The SMILES string of the molecule is CC(Oc1ccccc1)C(=O)NC1CCCn2ncnc21. The largest absolute Gasteiger partial charge is 0.481 e. The lowest BCUT2D eigenvalue weighted by Crippen LogP contribution is -2.40. The van der Waals surface area contributed by atoms with Crippen molar-refractivity contribution in [2.75, 3.05) is 0 Å². The molecule has 0 fully saturated rings. The topological polar surface area (TPSA) is 69.0 Å². The summed E-state index contributed by atoms with van der Waals surface area (Å²) in [6.45, 7) is 2.60. The molecule has 0 saturated heterocycles. The molecule has 1 N–H and O–H groups in total. The summed E-state index contributed by atoms with van der Waals surface area (Å²) >= 11 is 0. The highest BCUT2D eigenvalue weighted by Crippen LogP contribution is 2.22. The van der Waals surface area contributed by atoms with Crippen LogP contribution in [0.15, 0.2) is 36.7 Å². The van der Waals surface area contributed by atoms with Crippen molar-refractivity contribution < 1.29 is 9.53 Å². The molecule has 1 aromatic heterocycles. The zero-order chi connectivity index (χ0) is 14.7. The van der Waals surface area contributed by atoms with Gasteiger partial charge in [-0.3, -0.25) is 4.79 Å². The van der Waals surface area contributed by atoms with Crippen molar-refractivity contribution in [1.82, 2.24) is 20.1 Å². The molecule has 0 saturated carbocycles. The van der Waals surface area contributed by atoms with Gasteiger partial charge in [-0.1, -0.05) is 18.2 Å². The summed E-state index contributed by atoms with van der Waals surface area (Å²) in [6.07, 6.45) is 2.84. The molecule has 1 amide bonds. The molecule has 110 valence electrons. The molecule has 6 heteroatoms. The van der Waals surface area contributed by atoms with Crippen molar-refractivity contribution in [3.63, 3.8) is 0 Å². The molecule has 0 aliphatic carbocycles. The highest BCUT2D eigenvalue weighted by atomic mass is 16.5. The summed E-state index contributed by atoms with van der Waals surface area (Å²) in [7, 11) is 0. The molecular weight excluding hydrogens is 268 g/mol. The van der Waals surface area contributed by atoms with Crippen LogP contribution in [0.2, 0.25) is 0 Å². The highest BCUT2D eigenvalue weighted by Gasteiger charge is 2.26. The number of fused-ring (bicyclic) bond motifs is 1. The molecule has 21 heavy (non-hydrogen) atoms. The highest BCUT2D eigenvalue weighted by molar-refractivity contribution is 5.81. The van der Waals surface area contributed by atoms with E-state index in [0.29, 0.717) is 5.75 Å². The lowest BCUT2D eigenvalue weighted by molar-refractivity contribution is -0.128. The zero-order valence-electron chi connectivity index (χ0n) is 11.9. The van der Waals surface area contributed by atoms with Crippen molar-refractivity contribution in [3.05, 3.63) is 42.5 Å². The molecule has 0 bridgehead atoms. The maximum absolute atomic E-state index is 12.3. The Balaban J connectivity index is 1.62. The molecule has 6 nitrogen and oxygen atoms in total. The number of para-hydroxylation sites is 1. The number of hydrogen-bond acceptors (Lipinski definition) is 4. The van der Waals surface area contributed by atoms with Gasteiger partial charge in [-0.25, -0.2) is 9.67 Å². The molecule has 0 spiro atoms. The van der Waals surface area contributed by atoms with Crippen LogP contribution in [0, 0.1) is 0 Å². The van der Waals surface area contributed by atoms with Crippen LogP contribution in [0.3, 0.4) is 0 Å². The Morgan fingerprint density at radius 3 is 3.05 bits per heavy atom. The summed E-state index contributed by atoms with van der Waals surface area (Å²) in [5.74, 6) is 1.37. The maximum Gasteiger partial charge on any atom is 0.261 e. The molecule has 3 rings (SSSR count). The van der Waals surface area contributed by atoms with Crippen LogP contribution in [0.25, 0.3) is 0 Å². The lowest BCUT2D eigenvalue weighted by atomic mass is 10.1. The minimum absolute atomic E-state index is 0.0874. The van der Waals surface area contributed by atoms with Gasteiger partial charge in [0.25, 0.3) is 5.91 Å². The van der Waals surface area contributed by atoms with E-state index in [-0.39, 0.29) is 11.9 Å². The van der Waals surface area contributed by atoms with Crippen molar-refractivity contribution in [2.45, 2.75) is 38.5 Å². The summed E-state index contributed by atoms with van der Waals surface area (Å²) in [4.78, 5) is 16.5. The van der Waals surface area contributed by atoms with Gasteiger partial charge in [0, 0.05) is 6.54 Å². The number of aryl methyl sites for hydroxylation is 1. The normalized spacial score (nSPS) is 18.6. The van der Waals surface area contributed by atoms with Gasteiger partial charge in [0.1, 0.15) is 17.9 Å². The van der Waals surface area contributed by atoms with E-state index in [9.17, 15) is 4.79 Å². The van der Waals surface area contributed by atoms with Crippen molar-refractivity contribution in [1.29, 1.82) is 0 Å². The number of aromatic nitrogens is 3. The van der Waals surface area contributed by atoms with Gasteiger partial charge >= 0.3 is 0 Å². The van der Waals surface area contributed by atoms with Crippen molar-refractivity contribution >= 4 is 5.91 Å². The van der Waals surface area contributed by atoms with E-state index in [1.165, 1.54) is 6.33 Å². The third kappa shape index (κ3) is 3.04. The molecule has 1 aliphatic heterocycles. The van der Waals surface area contributed by atoms with Gasteiger partial charge in [-0.05, 0) is 31.9 Å². The van der Waals surface area contributed by atoms with Gasteiger partial charge in [-0.15, -0.1) is 0 Å². The Morgan fingerprint density at radius 2 is 2.24 bits per heavy atom. The quantitative estimate of drug-likeness (QED) is 0.928. The zero-order valence-corrected chi connectivity index (χ0v) is 11.9. The minimum Gasteiger partial charge on any atom is -0.481 e. The number of hydrogen-bond donors (Lipinski definition) is 1. The van der Waals surface area contributed by atoms with Crippen LogP contribution < -0.4 is 10.1 Å². The predicted octanol–water partition coefficient (Wildman–Crippen LogP) is 1.70. The Bertz CT molecular complexity index is 611. The van der Waals surface area contributed by atoms with Gasteiger partial charge in [0.15, 0.2) is 6.10 Å². The lowest BCUT2D eigenvalue weighted by Gasteiger charge is -2.24. The summed E-state index contributed by atoms with van der Waals surface area (Å²) in [5, 5.41) is 7.14. The molecule has 2 unspecified atom stereocenters. The molecule has 2 aromatic rings. The van der Waals surface area contributed by atoms with Crippen LogP contribution >= 0.6 is 0 Å². The standard InChI is InChI=1S/C15H18N4O2/c1-11(21-12-6-3-2-4-7-12)15(20)18-13-8-5-9-19-14(13)16-10-17-19/h2-4,6-7,10-11,13H,5,8-9H2,1H3,(H,18,20). The fourth-order valence-electron chi connectivity index (χ4n) is 2.47. The van der Waals surface area contributed by atoms with E-state index in [1.807, 2.05) is 35.0 Å². The van der Waals surface area contributed by atoms with E-state index in [2.05, 4.69) is 15.4 Å². The Kier molecular flexibility index (Phi) is 3.85. The van der Waals surface area contributed by atoms with Crippen LogP contribution in [0.5, 0.6) is 5.75 Å². The molecule has 1 aliphatic rings. The number of carbonyl (C=O) groups excluding carboxylic acids is 1. The molecule has 2 heterocycles. The first kappa shape index (κ1) is 13.6. The molecule has 2 atom stereocenters. The summed E-state index contributed by atoms with van der Waals surface area (Å²) in [5.41, 5.74) is 0. The van der Waals surface area contributed by atoms with Crippen molar-refractivity contribution in [3.8, 4) is 5.75 Å². The summed E-state index contributed by atoms with van der Waals surface area (Å²) < 4.78 is 7.48. The molecular formula is C15H18N4O2. The predicted molar refractivity (Wildman–Crippen MR) is 76.7 cm³/mol. The maximum atomic E-state index is 12.3. The number of carbonyl (C=O) groups is 1. The number of nitrogens with one attached hydrogen (secondary N) is 1. The first-order chi connectivity index (χ1) is 10.2. The average molecular weight is 286 g/mol. The third-order valence-electron chi connectivity index (χ3n) is 3.56. The van der Waals surface area contributed by atoms with Gasteiger partial charge < -0.3 is 10.1 Å². The third-order valence-corrected chi connectivity index (χ3v) is 3.56. The van der Waals surface area contributed by atoms with Gasteiger partial charge in [0.2, 0.25) is 0 Å². The van der Waals surface area contributed by atoms with E-state index in [4.69, 9.17) is 4.74 Å². The van der Waals surface area contributed by atoms with Crippen LogP contribution in [-0.2, 0) is 11.3 Å². The number of benzene rings is 1.